The van der Waals surface area contributed by atoms with Crippen molar-refractivity contribution >= 4 is 27.5 Å². The third-order valence-electron chi connectivity index (χ3n) is 5.23. The van der Waals surface area contributed by atoms with Gasteiger partial charge in [0.15, 0.2) is 5.03 Å². The Bertz CT molecular complexity index is 1160. The molecule has 3 aromatic rings. The van der Waals surface area contributed by atoms with Gasteiger partial charge in [0, 0.05) is 32.3 Å². The molecule has 1 aliphatic heterocycles. The summed E-state index contributed by atoms with van der Waals surface area (Å²) in [4.78, 5) is 16.9. The van der Waals surface area contributed by atoms with Gasteiger partial charge in [-0.25, -0.2) is 13.4 Å². The van der Waals surface area contributed by atoms with Crippen molar-refractivity contribution in [3.8, 4) is 0 Å². The number of imidazole rings is 1. The Balaban J connectivity index is 1.63. The Hall–Kier alpha value is -2.68. The second-order valence-electron chi connectivity index (χ2n) is 7.28. The summed E-state index contributed by atoms with van der Waals surface area (Å²) in [7, 11) is -2.06. The predicted molar refractivity (Wildman–Crippen MR) is 114 cm³/mol. The molecule has 0 saturated carbocycles. The molecule has 0 bridgehead atoms. The van der Waals surface area contributed by atoms with Crippen LogP contribution in [0.25, 0.3) is 0 Å². The molecule has 2 unspecified atom stereocenters. The van der Waals surface area contributed by atoms with Crippen molar-refractivity contribution in [2.45, 2.75) is 17.0 Å². The topological polar surface area (TPSA) is 84.3 Å². The normalized spacial score (nSPS) is 19.7. The molecular formula is C21H21ClN4O3S. The van der Waals surface area contributed by atoms with Crippen LogP contribution >= 0.6 is 11.6 Å². The Kier molecular flexibility index (Phi) is 5.64. The van der Waals surface area contributed by atoms with Crippen LogP contribution in [-0.4, -0.2) is 47.3 Å². The van der Waals surface area contributed by atoms with E-state index in [9.17, 15) is 13.2 Å². The minimum absolute atomic E-state index is 0.00473. The molecular weight excluding hydrogens is 424 g/mol. The number of rotatable bonds is 5. The van der Waals surface area contributed by atoms with E-state index in [0.29, 0.717) is 10.6 Å². The van der Waals surface area contributed by atoms with Crippen LogP contribution in [-0.2, 0) is 17.1 Å². The van der Waals surface area contributed by atoms with Crippen molar-refractivity contribution in [3.05, 3.63) is 83.3 Å². The quantitative estimate of drug-likeness (QED) is 0.655. The van der Waals surface area contributed by atoms with Crippen molar-refractivity contribution in [3.63, 3.8) is 0 Å². The molecule has 0 radical (unpaired) electrons. The molecule has 7 nitrogen and oxygen atoms in total. The molecule has 4 rings (SSSR count). The van der Waals surface area contributed by atoms with Crippen molar-refractivity contribution in [2.24, 2.45) is 7.05 Å². The number of amides is 1. The number of hydrogen-bond acceptors (Lipinski definition) is 4. The fourth-order valence-electron chi connectivity index (χ4n) is 3.69. The number of carbonyl (C=O) groups excluding carboxylic acids is 1. The zero-order valence-electron chi connectivity index (χ0n) is 16.3. The number of halogens is 1. The van der Waals surface area contributed by atoms with Gasteiger partial charge in [-0.3, -0.25) is 4.79 Å². The van der Waals surface area contributed by atoms with Crippen LogP contribution in [0.3, 0.4) is 0 Å². The molecule has 1 fully saturated rings. The van der Waals surface area contributed by atoms with Gasteiger partial charge in [0.1, 0.15) is 0 Å². The van der Waals surface area contributed by atoms with Gasteiger partial charge in [0.05, 0.1) is 23.0 Å². The van der Waals surface area contributed by atoms with Gasteiger partial charge in [-0.15, -0.1) is 0 Å². The first-order valence-electron chi connectivity index (χ1n) is 9.44. The van der Waals surface area contributed by atoms with E-state index in [2.05, 4.69) is 10.3 Å². The summed E-state index contributed by atoms with van der Waals surface area (Å²) in [5, 5.41) is 3.33. The van der Waals surface area contributed by atoms with E-state index in [4.69, 9.17) is 11.6 Å². The number of sulfonamides is 1. The lowest BCUT2D eigenvalue weighted by molar-refractivity contribution is 0.0936. The molecule has 1 amide bonds. The van der Waals surface area contributed by atoms with Crippen LogP contribution in [0.2, 0.25) is 5.02 Å². The van der Waals surface area contributed by atoms with Crippen LogP contribution in [0.5, 0.6) is 0 Å². The van der Waals surface area contributed by atoms with Gasteiger partial charge in [-0.05, 0) is 17.7 Å². The number of aryl methyl sites for hydroxylation is 1. The largest absolute Gasteiger partial charge is 0.347 e. The van der Waals surface area contributed by atoms with E-state index in [1.54, 1.807) is 35.9 Å². The minimum Gasteiger partial charge on any atom is -0.347 e. The lowest BCUT2D eigenvalue weighted by atomic mass is 9.94. The van der Waals surface area contributed by atoms with Gasteiger partial charge >= 0.3 is 0 Å². The summed E-state index contributed by atoms with van der Waals surface area (Å²) in [6.45, 7) is 0.394. The average molecular weight is 445 g/mol. The molecule has 0 aliphatic carbocycles. The first kappa shape index (κ1) is 20.6. The maximum atomic E-state index is 13.1. The third kappa shape index (κ3) is 3.98. The Morgan fingerprint density at radius 2 is 1.80 bits per heavy atom. The second kappa shape index (κ2) is 8.22. The lowest BCUT2D eigenvalue weighted by Gasteiger charge is -2.20. The average Bonchev–Trinajstić information content (AvgIpc) is 3.36. The van der Waals surface area contributed by atoms with Crippen molar-refractivity contribution in [1.82, 2.24) is 19.2 Å². The molecule has 1 aliphatic rings. The molecule has 1 saturated heterocycles. The van der Waals surface area contributed by atoms with Crippen LogP contribution in [0.15, 0.2) is 72.1 Å². The number of hydrogen-bond donors (Lipinski definition) is 1. The Morgan fingerprint density at radius 1 is 1.10 bits per heavy atom. The maximum absolute atomic E-state index is 13.1. The minimum atomic E-state index is -3.78. The van der Waals surface area contributed by atoms with Crippen LogP contribution in [0.1, 0.15) is 21.8 Å². The molecule has 1 N–H and O–H groups in total. The Labute approximate surface area is 180 Å². The number of carbonyl (C=O) groups is 1. The van der Waals surface area contributed by atoms with Gasteiger partial charge in [-0.2, -0.15) is 4.31 Å². The molecule has 2 heterocycles. The van der Waals surface area contributed by atoms with Crippen molar-refractivity contribution in [2.75, 3.05) is 13.1 Å². The lowest BCUT2D eigenvalue weighted by Crippen LogP contribution is -2.40. The molecule has 2 aromatic carbocycles. The Morgan fingerprint density at radius 3 is 2.47 bits per heavy atom. The van der Waals surface area contributed by atoms with Crippen LogP contribution < -0.4 is 5.32 Å². The van der Waals surface area contributed by atoms with Gasteiger partial charge in [0.2, 0.25) is 0 Å². The molecule has 30 heavy (non-hydrogen) atoms. The molecule has 0 spiro atoms. The molecule has 9 heteroatoms. The number of aromatic nitrogens is 2. The third-order valence-corrected chi connectivity index (χ3v) is 7.28. The number of benzene rings is 2. The zero-order valence-corrected chi connectivity index (χ0v) is 17.8. The van der Waals surface area contributed by atoms with E-state index in [1.807, 2.05) is 30.3 Å². The highest BCUT2D eigenvalue weighted by Gasteiger charge is 2.41. The molecule has 156 valence electrons. The van der Waals surface area contributed by atoms with E-state index in [-0.39, 0.29) is 29.9 Å². The fourth-order valence-corrected chi connectivity index (χ4v) is 5.37. The van der Waals surface area contributed by atoms with E-state index >= 15 is 0 Å². The first-order chi connectivity index (χ1) is 14.4. The standard InChI is InChI=1S/C21H21ClN4O3S/c1-25-13-20(23-14-25)30(28,29)26-11-17(15-7-3-2-4-8-15)19(12-26)24-21(27)16-9-5-6-10-18(16)22/h2-10,13-14,17,19H,11-12H2,1H3,(H,24,27). The SMILES string of the molecule is Cn1cnc(S(=O)(=O)N2CC(NC(=O)c3ccccc3Cl)C(c3ccccc3)C2)c1. The summed E-state index contributed by atoms with van der Waals surface area (Å²) < 4.78 is 29.2. The summed E-state index contributed by atoms with van der Waals surface area (Å²) in [5.74, 6) is -0.528. The van der Waals surface area contributed by atoms with E-state index in [0.717, 1.165) is 5.56 Å². The van der Waals surface area contributed by atoms with Crippen molar-refractivity contribution < 1.29 is 13.2 Å². The predicted octanol–water partition coefficient (Wildman–Crippen LogP) is 2.66. The summed E-state index contributed by atoms with van der Waals surface area (Å²) >= 11 is 6.16. The smallest absolute Gasteiger partial charge is 0.262 e. The van der Waals surface area contributed by atoms with Crippen molar-refractivity contribution in [1.29, 1.82) is 0 Å². The summed E-state index contributed by atoms with van der Waals surface area (Å²) in [5.41, 5.74) is 1.32. The number of nitrogens with one attached hydrogen (secondary N) is 1. The van der Waals surface area contributed by atoms with Gasteiger partial charge in [-0.1, -0.05) is 54.1 Å². The summed E-state index contributed by atoms with van der Waals surface area (Å²) in [6.07, 6.45) is 2.93. The highest BCUT2D eigenvalue weighted by atomic mass is 35.5. The number of nitrogens with zero attached hydrogens (tertiary/aromatic N) is 3. The second-order valence-corrected chi connectivity index (χ2v) is 9.57. The monoisotopic (exact) mass is 444 g/mol. The summed E-state index contributed by atoms with van der Waals surface area (Å²) in [6, 6.07) is 16.0. The van der Waals surface area contributed by atoms with Gasteiger partial charge in [0.25, 0.3) is 15.9 Å². The fraction of sp³-hybridized carbons (Fsp3) is 0.238. The highest BCUT2D eigenvalue weighted by Crippen LogP contribution is 2.31. The van der Waals surface area contributed by atoms with E-state index in [1.165, 1.54) is 16.8 Å². The molecule has 1 aromatic heterocycles. The molecule has 2 atom stereocenters. The first-order valence-corrected chi connectivity index (χ1v) is 11.3. The van der Waals surface area contributed by atoms with E-state index < -0.39 is 16.1 Å². The van der Waals surface area contributed by atoms with Crippen LogP contribution in [0, 0.1) is 0 Å². The zero-order chi connectivity index (χ0) is 21.3. The van der Waals surface area contributed by atoms with Crippen LogP contribution in [0.4, 0.5) is 0 Å². The highest BCUT2D eigenvalue weighted by molar-refractivity contribution is 7.89. The van der Waals surface area contributed by atoms with Gasteiger partial charge < -0.3 is 9.88 Å². The maximum Gasteiger partial charge on any atom is 0.262 e.